The maximum absolute atomic E-state index is 13.6. The minimum absolute atomic E-state index is 0.0172. The highest BCUT2D eigenvalue weighted by Crippen LogP contribution is 2.24. The van der Waals surface area contributed by atoms with Gasteiger partial charge in [0, 0.05) is 47.6 Å². The molecule has 0 radical (unpaired) electrons. The molecule has 3 rings (SSSR count). The largest absolute Gasteiger partial charge is 0.497 e. The zero-order valence-corrected chi connectivity index (χ0v) is 24.4. The van der Waals surface area contributed by atoms with E-state index < -0.39 is 0 Å². The van der Waals surface area contributed by atoms with Crippen LogP contribution in [0.4, 0.5) is 0 Å². The molecule has 0 saturated carbocycles. The van der Waals surface area contributed by atoms with Crippen molar-refractivity contribution < 1.29 is 19.1 Å². The smallest absolute Gasteiger partial charge is 0.254 e. The summed E-state index contributed by atoms with van der Waals surface area (Å²) in [5, 5.41) is 0. The molecule has 0 unspecified atom stereocenters. The van der Waals surface area contributed by atoms with Crippen LogP contribution in [0.3, 0.4) is 0 Å². The predicted octanol–water partition coefficient (Wildman–Crippen LogP) is 6.00. The fraction of sp³-hybridized carbons (Fsp3) is 0.400. The van der Waals surface area contributed by atoms with E-state index >= 15 is 0 Å². The van der Waals surface area contributed by atoms with E-state index in [1.54, 1.807) is 37.3 Å². The molecule has 3 aromatic rings. The Hall–Kier alpha value is -3.26. The number of amides is 2. The number of aromatic nitrogens is 1. The van der Waals surface area contributed by atoms with Gasteiger partial charge in [-0.2, -0.15) is 0 Å². The zero-order chi connectivity index (χ0) is 27.5. The second-order valence-electron chi connectivity index (χ2n) is 9.25. The summed E-state index contributed by atoms with van der Waals surface area (Å²) in [6, 6.07) is 17.4. The molecule has 0 aliphatic carbocycles. The molecule has 0 aliphatic rings. The first-order valence-corrected chi connectivity index (χ1v) is 13.9. The average Bonchev–Trinajstić information content (AvgIpc) is 3.37. The molecule has 0 aliphatic heterocycles. The van der Waals surface area contributed by atoms with Crippen molar-refractivity contribution in [1.29, 1.82) is 0 Å². The van der Waals surface area contributed by atoms with E-state index in [1.165, 1.54) is 5.56 Å². The van der Waals surface area contributed by atoms with Gasteiger partial charge in [-0.3, -0.25) is 9.59 Å². The summed E-state index contributed by atoms with van der Waals surface area (Å²) >= 11 is 3.49. The lowest BCUT2D eigenvalue weighted by Gasteiger charge is -2.28. The molecule has 204 valence electrons. The van der Waals surface area contributed by atoms with Crippen molar-refractivity contribution in [2.45, 2.75) is 46.2 Å². The minimum atomic E-state index is -0.216. The van der Waals surface area contributed by atoms with Gasteiger partial charge in [-0.15, -0.1) is 0 Å². The van der Waals surface area contributed by atoms with Crippen LogP contribution in [0.1, 0.15) is 54.7 Å². The zero-order valence-electron chi connectivity index (χ0n) is 22.8. The van der Waals surface area contributed by atoms with Crippen LogP contribution in [0.5, 0.6) is 11.5 Å². The molecule has 2 amide bonds. The molecular weight excluding hydrogens is 546 g/mol. The maximum Gasteiger partial charge on any atom is 0.254 e. The van der Waals surface area contributed by atoms with Gasteiger partial charge in [-0.1, -0.05) is 48.3 Å². The lowest BCUT2D eigenvalue weighted by atomic mass is 10.1. The number of hydrogen-bond donors (Lipinski definition) is 0. The van der Waals surface area contributed by atoms with Crippen molar-refractivity contribution in [3.8, 4) is 11.5 Å². The van der Waals surface area contributed by atoms with Crippen molar-refractivity contribution in [3.63, 3.8) is 0 Å². The number of carbonyl (C=O) groups excluding carboxylic acids is 2. The Bertz CT molecular complexity index is 1170. The van der Waals surface area contributed by atoms with Crippen LogP contribution in [0.2, 0.25) is 0 Å². The molecule has 0 spiro atoms. The number of benzene rings is 2. The monoisotopic (exact) mass is 583 g/mol. The van der Waals surface area contributed by atoms with Crippen LogP contribution in [0.15, 0.2) is 65.3 Å². The molecule has 0 fully saturated rings. The number of unbranched alkanes of at least 4 members (excludes halogenated alkanes) is 1. The lowest BCUT2D eigenvalue weighted by molar-refractivity contribution is -0.132. The van der Waals surface area contributed by atoms with Crippen molar-refractivity contribution in [1.82, 2.24) is 14.4 Å². The summed E-state index contributed by atoms with van der Waals surface area (Å²) < 4.78 is 13.9. The molecule has 7 nitrogen and oxygen atoms in total. The Morgan fingerprint density at radius 3 is 2.18 bits per heavy atom. The van der Waals surface area contributed by atoms with Crippen LogP contribution < -0.4 is 9.47 Å². The van der Waals surface area contributed by atoms with Gasteiger partial charge in [0.05, 0.1) is 20.8 Å². The molecule has 2 aromatic carbocycles. The highest BCUT2D eigenvalue weighted by molar-refractivity contribution is 9.10. The van der Waals surface area contributed by atoms with Crippen molar-refractivity contribution in [2.24, 2.45) is 0 Å². The van der Waals surface area contributed by atoms with E-state index in [9.17, 15) is 9.59 Å². The van der Waals surface area contributed by atoms with E-state index in [2.05, 4.69) is 45.6 Å². The summed E-state index contributed by atoms with van der Waals surface area (Å²) in [5.74, 6) is 0.788. The second-order valence-corrected chi connectivity index (χ2v) is 10.2. The van der Waals surface area contributed by atoms with Crippen LogP contribution in [0, 0.1) is 0 Å². The SMILES string of the molecule is CCCCN(Cc1cccn1Cc1ccc(Br)cc1)C(=O)CN(CCC)C(=O)c1cc(OC)cc(OC)c1. The molecule has 38 heavy (non-hydrogen) atoms. The first kappa shape index (κ1) is 29.3. The first-order valence-electron chi connectivity index (χ1n) is 13.1. The summed E-state index contributed by atoms with van der Waals surface area (Å²) in [6.07, 6.45) is 4.66. The van der Waals surface area contributed by atoms with Crippen LogP contribution in [0.25, 0.3) is 0 Å². The average molecular weight is 585 g/mol. The minimum Gasteiger partial charge on any atom is -0.497 e. The van der Waals surface area contributed by atoms with Gasteiger partial charge >= 0.3 is 0 Å². The third-order valence-electron chi connectivity index (χ3n) is 6.38. The summed E-state index contributed by atoms with van der Waals surface area (Å²) in [7, 11) is 3.10. The van der Waals surface area contributed by atoms with Crippen molar-refractivity contribution >= 4 is 27.7 Å². The van der Waals surface area contributed by atoms with Gasteiger partial charge in [0.25, 0.3) is 5.91 Å². The first-order chi connectivity index (χ1) is 18.4. The van der Waals surface area contributed by atoms with Gasteiger partial charge < -0.3 is 23.8 Å². The topological polar surface area (TPSA) is 64.0 Å². The Kier molecular flexibility index (Phi) is 11.3. The van der Waals surface area contributed by atoms with Crippen molar-refractivity contribution in [2.75, 3.05) is 33.9 Å². The van der Waals surface area contributed by atoms with E-state index in [0.29, 0.717) is 36.7 Å². The molecule has 0 N–H and O–H groups in total. The molecule has 1 aromatic heterocycles. The van der Waals surface area contributed by atoms with Crippen LogP contribution in [-0.4, -0.2) is 60.0 Å². The lowest BCUT2D eigenvalue weighted by Crippen LogP contribution is -2.43. The van der Waals surface area contributed by atoms with Gasteiger partial charge in [0.2, 0.25) is 5.91 Å². The van der Waals surface area contributed by atoms with Crippen LogP contribution in [-0.2, 0) is 17.9 Å². The van der Waals surface area contributed by atoms with Gasteiger partial charge in [-0.05, 0) is 54.8 Å². The second kappa shape index (κ2) is 14.6. The fourth-order valence-electron chi connectivity index (χ4n) is 4.27. The summed E-state index contributed by atoms with van der Waals surface area (Å²) in [6.45, 7) is 6.46. The summed E-state index contributed by atoms with van der Waals surface area (Å²) in [5.41, 5.74) is 2.68. The number of halogens is 1. The van der Waals surface area contributed by atoms with E-state index in [4.69, 9.17) is 9.47 Å². The Balaban J connectivity index is 1.78. The quantitative estimate of drug-likeness (QED) is 0.233. The van der Waals surface area contributed by atoms with Gasteiger partial charge in [-0.25, -0.2) is 0 Å². The number of rotatable bonds is 14. The third kappa shape index (κ3) is 8.12. The van der Waals surface area contributed by atoms with Crippen molar-refractivity contribution in [3.05, 3.63) is 82.1 Å². The molecule has 0 atom stereocenters. The number of carbonyl (C=O) groups is 2. The van der Waals surface area contributed by atoms with E-state index in [1.807, 2.05) is 36.2 Å². The van der Waals surface area contributed by atoms with Gasteiger partial charge in [0.15, 0.2) is 0 Å². The number of methoxy groups -OCH3 is 2. The van der Waals surface area contributed by atoms with Crippen LogP contribution >= 0.6 is 15.9 Å². The number of hydrogen-bond acceptors (Lipinski definition) is 4. The highest BCUT2D eigenvalue weighted by atomic mass is 79.9. The Morgan fingerprint density at radius 1 is 0.895 bits per heavy atom. The molecular formula is C30H38BrN3O4. The maximum atomic E-state index is 13.6. The Morgan fingerprint density at radius 2 is 1.58 bits per heavy atom. The fourth-order valence-corrected chi connectivity index (χ4v) is 4.53. The van der Waals surface area contributed by atoms with E-state index in [0.717, 1.165) is 36.0 Å². The third-order valence-corrected chi connectivity index (χ3v) is 6.91. The molecule has 1 heterocycles. The molecule has 8 heteroatoms. The molecule has 0 saturated heterocycles. The number of ether oxygens (including phenoxy) is 2. The van der Waals surface area contributed by atoms with E-state index in [-0.39, 0.29) is 18.4 Å². The number of nitrogens with zero attached hydrogens (tertiary/aromatic N) is 3. The normalized spacial score (nSPS) is 10.8. The Labute approximate surface area is 234 Å². The predicted molar refractivity (Wildman–Crippen MR) is 154 cm³/mol. The highest BCUT2D eigenvalue weighted by Gasteiger charge is 2.23. The molecule has 0 bridgehead atoms. The summed E-state index contributed by atoms with van der Waals surface area (Å²) in [4.78, 5) is 30.6. The van der Waals surface area contributed by atoms with Gasteiger partial charge in [0.1, 0.15) is 18.0 Å². The standard InChI is InChI=1S/C30H38BrN3O4/c1-5-7-15-33(21-26-9-8-16-32(26)20-23-10-12-25(31)13-11-23)29(35)22-34(14-6-2)30(36)24-17-27(37-3)19-28(18-24)38-4/h8-13,16-19H,5-7,14-15,20-22H2,1-4H3.